The predicted octanol–water partition coefficient (Wildman–Crippen LogP) is 5.02. The lowest BCUT2D eigenvalue weighted by Crippen LogP contribution is -2.31. The number of halogens is 2. The van der Waals surface area contributed by atoms with Gasteiger partial charge in [0, 0.05) is 12.6 Å². The number of hydrogen-bond acceptors (Lipinski definition) is 4. The van der Waals surface area contributed by atoms with E-state index in [0.29, 0.717) is 25.5 Å². The molecule has 150 valence electrons. The van der Waals surface area contributed by atoms with Crippen molar-refractivity contribution < 1.29 is 14.6 Å². The van der Waals surface area contributed by atoms with Crippen molar-refractivity contribution in [1.82, 2.24) is 5.32 Å². The van der Waals surface area contributed by atoms with Crippen LogP contribution < -0.4 is 14.8 Å². The molecule has 0 saturated heterocycles. The number of rotatable bonds is 10. The minimum absolute atomic E-state index is 0. The molecule has 2 aromatic carbocycles. The average Bonchev–Trinajstić information content (AvgIpc) is 2.63. The van der Waals surface area contributed by atoms with Crippen molar-refractivity contribution in [3.05, 3.63) is 57.6 Å². The average molecular weight is 459 g/mol. The van der Waals surface area contributed by atoms with Crippen molar-refractivity contribution in [3.8, 4) is 11.5 Å². The zero-order chi connectivity index (χ0) is 18.9. The molecule has 0 bridgehead atoms. The van der Waals surface area contributed by atoms with Crippen LogP contribution in [-0.4, -0.2) is 24.4 Å². The predicted molar refractivity (Wildman–Crippen MR) is 116 cm³/mol. The van der Waals surface area contributed by atoms with Gasteiger partial charge in [0.1, 0.15) is 6.61 Å². The Balaban J connectivity index is 0.00000364. The van der Waals surface area contributed by atoms with Gasteiger partial charge in [-0.3, -0.25) is 0 Å². The fourth-order valence-corrected chi connectivity index (χ4v) is 3.17. The third-order valence-electron chi connectivity index (χ3n) is 4.18. The SMILES string of the molecule is CCOc1cc(CNC(CC)CO)cc(Br)c1OCc1ccc(C)cc1.Cl. The molecule has 2 rings (SSSR count). The van der Waals surface area contributed by atoms with Crippen LogP contribution in [-0.2, 0) is 13.2 Å². The molecule has 0 radical (unpaired) electrons. The van der Waals surface area contributed by atoms with E-state index in [0.717, 1.165) is 27.8 Å². The molecule has 0 spiro atoms. The lowest BCUT2D eigenvalue weighted by atomic mass is 10.1. The van der Waals surface area contributed by atoms with Crippen LogP contribution >= 0.6 is 28.3 Å². The normalized spacial score (nSPS) is 11.6. The molecule has 0 aliphatic heterocycles. The van der Waals surface area contributed by atoms with E-state index in [9.17, 15) is 5.11 Å². The summed E-state index contributed by atoms with van der Waals surface area (Å²) in [6, 6.07) is 12.4. The maximum absolute atomic E-state index is 9.32. The van der Waals surface area contributed by atoms with Crippen molar-refractivity contribution in [2.75, 3.05) is 13.2 Å². The summed E-state index contributed by atoms with van der Waals surface area (Å²) in [5.74, 6) is 1.44. The van der Waals surface area contributed by atoms with Crippen molar-refractivity contribution in [2.45, 2.75) is 46.4 Å². The van der Waals surface area contributed by atoms with Crippen molar-refractivity contribution in [3.63, 3.8) is 0 Å². The van der Waals surface area contributed by atoms with Gasteiger partial charge in [0.15, 0.2) is 11.5 Å². The third-order valence-corrected chi connectivity index (χ3v) is 4.77. The number of nitrogens with one attached hydrogen (secondary N) is 1. The van der Waals surface area contributed by atoms with Gasteiger partial charge >= 0.3 is 0 Å². The number of ether oxygens (including phenoxy) is 2. The maximum Gasteiger partial charge on any atom is 0.175 e. The highest BCUT2D eigenvalue weighted by molar-refractivity contribution is 9.10. The van der Waals surface area contributed by atoms with E-state index in [4.69, 9.17) is 9.47 Å². The van der Waals surface area contributed by atoms with E-state index in [-0.39, 0.29) is 25.1 Å². The number of aliphatic hydroxyl groups excluding tert-OH is 1. The largest absolute Gasteiger partial charge is 0.490 e. The topological polar surface area (TPSA) is 50.7 Å². The van der Waals surface area contributed by atoms with E-state index in [1.807, 2.05) is 19.1 Å². The number of aryl methyl sites for hydroxylation is 1. The minimum Gasteiger partial charge on any atom is -0.490 e. The Bertz CT molecular complexity index is 691. The summed E-state index contributed by atoms with van der Waals surface area (Å²) >= 11 is 3.61. The van der Waals surface area contributed by atoms with Crippen LogP contribution in [0.4, 0.5) is 0 Å². The Hall–Kier alpha value is -1.27. The molecule has 2 aromatic rings. The molecule has 1 atom stereocenters. The molecule has 0 amide bonds. The highest BCUT2D eigenvalue weighted by Crippen LogP contribution is 2.37. The molecule has 0 saturated carbocycles. The molecule has 27 heavy (non-hydrogen) atoms. The first-order chi connectivity index (χ1) is 12.6. The first kappa shape index (κ1) is 23.8. The van der Waals surface area contributed by atoms with Crippen molar-refractivity contribution in [2.24, 2.45) is 0 Å². The van der Waals surface area contributed by atoms with Crippen LogP contribution in [0.3, 0.4) is 0 Å². The molecule has 4 nitrogen and oxygen atoms in total. The quantitative estimate of drug-likeness (QED) is 0.525. The summed E-state index contributed by atoms with van der Waals surface area (Å²) < 4.78 is 12.7. The fraction of sp³-hybridized carbons (Fsp3) is 0.429. The summed E-state index contributed by atoms with van der Waals surface area (Å²) in [7, 11) is 0. The highest BCUT2D eigenvalue weighted by Gasteiger charge is 2.13. The third kappa shape index (κ3) is 7.34. The molecule has 6 heteroatoms. The summed E-state index contributed by atoms with van der Waals surface area (Å²) in [6.45, 7) is 7.93. The second-order valence-electron chi connectivity index (χ2n) is 6.28. The Morgan fingerprint density at radius 2 is 1.78 bits per heavy atom. The fourth-order valence-electron chi connectivity index (χ4n) is 2.57. The molecule has 1 unspecified atom stereocenters. The monoisotopic (exact) mass is 457 g/mol. The number of benzene rings is 2. The zero-order valence-corrected chi connectivity index (χ0v) is 18.5. The van der Waals surface area contributed by atoms with Crippen LogP contribution in [0.1, 0.15) is 37.0 Å². The first-order valence-electron chi connectivity index (χ1n) is 9.05. The highest BCUT2D eigenvalue weighted by atomic mass is 79.9. The zero-order valence-electron chi connectivity index (χ0n) is 16.1. The van der Waals surface area contributed by atoms with E-state index in [2.05, 4.69) is 59.4 Å². The lowest BCUT2D eigenvalue weighted by molar-refractivity contribution is 0.238. The molecule has 0 aliphatic rings. The second kappa shape index (κ2) is 12.2. The number of hydrogen-bond donors (Lipinski definition) is 2. The second-order valence-corrected chi connectivity index (χ2v) is 7.14. The Labute approximate surface area is 176 Å². The number of aliphatic hydroxyl groups is 1. The standard InChI is InChI=1S/C21H28BrNO3.ClH/c1-4-18(13-24)23-12-17-10-19(22)21(20(11-17)25-5-2)26-14-16-8-6-15(3)7-9-16;/h6-11,18,23-24H,4-5,12-14H2,1-3H3;1H. The van der Waals surface area contributed by atoms with Gasteiger partial charge in [-0.25, -0.2) is 0 Å². The van der Waals surface area contributed by atoms with E-state index >= 15 is 0 Å². The maximum atomic E-state index is 9.32. The van der Waals surface area contributed by atoms with Crippen LogP contribution in [0.25, 0.3) is 0 Å². The van der Waals surface area contributed by atoms with Gasteiger partial charge in [-0.1, -0.05) is 36.8 Å². The van der Waals surface area contributed by atoms with Crippen LogP contribution in [0, 0.1) is 6.92 Å². The van der Waals surface area contributed by atoms with Gasteiger partial charge in [-0.2, -0.15) is 0 Å². The van der Waals surface area contributed by atoms with Gasteiger partial charge in [-0.15, -0.1) is 12.4 Å². The van der Waals surface area contributed by atoms with Crippen LogP contribution in [0.2, 0.25) is 0 Å². The molecule has 0 aliphatic carbocycles. The lowest BCUT2D eigenvalue weighted by Gasteiger charge is -2.18. The molecule has 2 N–H and O–H groups in total. The molecular formula is C21H29BrClNO3. The first-order valence-corrected chi connectivity index (χ1v) is 9.84. The van der Waals surface area contributed by atoms with Gasteiger partial charge < -0.3 is 19.9 Å². The minimum atomic E-state index is 0. The molecular weight excluding hydrogens is 430 g/mol. The van der Waals surface area contributed by atoms with Crippen molar-refractivity contribution >= 4 is 28.3 Å². The molecule has 0 aromatic heterocycles. The van der Waals surface area contributed by atoms with E-state index < -0.39 is 0 Å². The van der Waals surface area contributed by atoms with Crippen LogP contribution in [0.5, 0.6) is 11.5 Å². The van der Waals surface area contributed by atoms with E-state index in [1.54, 1.807) is 0 Å². The van der Waals surface area contributed by atoms with Gasteiger partial charge in [0.25, 0.3) is 0 Å². The Morgan fingerprint density at radius 3 is 2.37 bits per heavy atom. The summed E-state index contributed by atoms with van der Waals surface area (Å²) in [5, 5.41) is 12.7. The van der Waals surface area contributed by atoms with Gasteiger partial charge in [0.2, 0.25) is 0 Å². The Kier molecular flexibility index (Phi) is 10.8. The molecule has 0 heterocycles. The van der Waals surface area contributed by atoms with Gasteiger partial charge in [0.05, 0.1) is 17.7 Å². The molecule has 0 fully saturated rings. The Morgan fingerprint density at radius 1 is 1.07 bits per heavy atom. The van der Waals surface area contributed by atoms with E-state index in [1.165, 1.54) is 5.56 Å². The summed E-state index contributed by atoms with van der Waals surface area (Å²) in [5.41, 5.74) is 3.43. The summed E-state index contributed by atoms with van der Waals surface area (Å²) in [4.78, 5) is 0. The smallest absolute Gasteiger partial charge is 0.175 e. The van der Waals surface area contributed by atoms with Gasteiger partial charge in [-0.05, 0) is 59.5 Å². The van der Waals surface area contributed by atoms with Crippen molar-refractivity contribution in [1.29, 1.82) is 0 Å². The summed E-state index contributed by atoms with van der Waals surface area (Å²) in [6.07, 6.45) is 0.883. The van der Waals surface area contributed by atoms with Crippen LogP contribution in [0.15, 0.2) is 40.9 Å².